The first-order valence-electron chi connectivity index (χ1n) is 8.64. The van der Waals surface area contributed by atoms with Gasteiger partial charge in [-0.15, -0.1) is 12.8 Å². The van der Waals surface area contributed by atoms with Crippen LogP contribution in [-0.2, 0) is 29.2 Å². The van der Waals surface area contributed by atoms with Crippen molar-refractivity contribution in [1.82, 2.24) is 5.32 Å². The van der Waals surface area contributed by atoms with E-state index in [2.05, 4.69) is 18.2 Å². The summed E-state index contributed by atoms with van der Waals surface area (Å²) in [6.45, 7) is -0.245. The van der Waals surface area contributed by atoms with Crippen molar-refractivity contribution in [3.63, 3.8) is 0 Å². The molecule has 1 atom stereocenters. The van der Waals surface area contributed by atoms with Gasteiger partial charge in [0.05, 0.1) is 29.9 Å². The van der Waals surface area contributed by atoms with E-state index in [4.69, 9.17) is 10.5 Å². The lowest BCUT2D eigenvalue weighted by molar-refractivity contribution is -0.143. The second-order valence-electron chi connectivity index (χ2n) is 6.46. The number of rotatable bonds is 7. The molecule has 2 rings (SSSR count). The predicted molar refractivity (Wildman–Crippen MR) is 102 cm³/mol. The standard InChI is InChI=1S/C19H20F6N2O.C2H2/c1-27-11-17(26,14-5-3-2-4-6-14)12-28-10-13-7-15(18(20,21)22)9-16(8-13)19(23,24)25;1-2/h2-9,27H,10-12,26H2,1H3;1-2H/t17-;/m1./s1. The lowest BCUT2D eigenvalue weighted by atomic mass is 9.92. The van der Waals surface area contributed by atoms with E-state index in [0.717, 1.165) is 5.56 Å². The summed E-state index contributed by atoms with van der Waals surface area (Å²) in [5.74, 6) is 0. The Bertz CT molecular complexity index is 785. The first-order chi connectivity index (χ1) is 14.0. The fourth-order valence-corrected chi connectivity index (χ4v) is 2.78. The van der Waals surface area contributed by atoms with Gasteiger partial charge in [0.15, 0.2) is 0 Å². The highest BCUT2D eigenvalue weighted by molar-refractivity contribution is 5.33. The minimum atomic E-state index is -4.90. The quantitative estimate of drug-likeness (QED) is 0.498. The van der Waals surface area contributed by atoms with Crippen molar-refractivity contribution in [2.75, 3.05) is 20.2 Å². The first kappa shape index (κ1) is 25.5. The van der Waals surface area contributed by atoms with E-state index in [0.29, 0.717) is 18.7 Å². The van der Waals surface area contributed by atoms with Crippen molar-refractivity contribution >= 4 is 0 Å². The van der Waals surface area contributed by atoms with Crippen LogP contribution in [0.5, 0.6) is 0 Å². The van der Waals surface area contributed by atoms with Gasteiger partial charge in [-0.3, -0.25) is 0 Å². The van der Waals surface area contributed by atoms with Crippen LogP contribution in [0.15, 0.2) is 48.5 Å². The van der Waals surface area contributed by atoms with Crippen molar-refractivity contribution in [2.45, 2.75) is 24.5 Å². The van der Waals surface area contributed by atoms with Crippen LogP contribution in [0.1, 0.15) is 22.3 Å². The third kappa shape index (κ3) is 7.06. The van der Waals surface area contributed by atoms with Crippen molar-refractivity contribution in [3.05, 3.63) is 70.8 Å². The van der Waals surface area contributed by atoms with E-state index in [1.807, 2.05) is 0 Å². The molecule has 2 aromatic carbocycles. The van der Waals surface area contributed by atoms with Crippen molar-refractivity contribution in [2.24, 2.45) is 5.73 Å². The maximum absolute atomic E-state index is 12.9. The monoisotopic (exact) mass is 432 g/mol. The van der Waals surface area contributed by atoms with Gasteiger partial charge in [-0.05, 0) is 36.4 Å². The van der Waals surface area contributed by atoms with Crippen LogP contribution >= 0.6 is 0 Å². The number of hydrogen-bond donors (Lipinski definition) is 2. The molecule has 0 saturated heterocycles. The second-order valence-corrected chi connectivity index (χ2v) is 6.46. The Labute approximate surface area is 171 Å². The Morgan fingerprint density at radius 2 is 1.37 bits per heavy atom. The summed E-state index contributed by atoms with van der Waals surface area (Å²) in [6.07, 6.45) is -1.80. The number of terminal acetylenes is 1. The number of halogens is 6. The maximum Gasteiger partial charge on any atom is 0.416 e. The molecular formula is C21H22F6N2O. The molecule has 164 valence electrons. The summed E-state index contributed by atoms with van der Waals surface area (Å²) in [4.78, 5) is 0. The van der Waals surface area contributed by atoms with Gasteiger partial charge >= 0.3 is 12.4 Å². The van der Waals surface area contributed by atoms with Crippen molar-refractivity contribution < 1.29 is 31.1 Å². The molecule has 0 bridgehead atoms. The molecule has 2 aromatic rings. The lowest BCUT2D eigenvalue weighted by Gasteiger charge is -2.30. The number of alkyl halides is 6. The average molecular weight is 432 g/mol. The molecule has 0 aliphatic carbocycles. The molecule has 0 spiro atoms. The minimum Gasteiger partial charge on any atom is -0.374 e. The number of ether oxygens (including phenoxy) is 1. The summed E-state index contributed by atoms with van der Waals surface area (Å²) in [7, 11) is 1.67. The van der Waals surface area contributed by atoms with Crippen LogP contribution in [0.4, 0.5) is 26.3 Å². The molecule has 0 aromatic heterocycles. The van der Waals surface area contributed by atoms with Crippen LogP contribution in [0, 0.1) is 12.8 Å². The van der Waals surface area contributed by atoms with Gasteiger partial charge in [-0.25, -0.2) is 0 Å². The van der Waals surface area contributed by atoms with Crippen LogP contribution in [0.2, 0.25) is 0 Å². The number of hydrogen-bond acceptors (Lipinski definition) is 3. The largest absolute Gasteiger partial charge is 0.416 e. The fourth-order valence-electron chi connectivity index (χ4n) is 2.78. The second kappa shape index (κ2) is 10.5. The van der Waals surface area contributed by atoms with E-state index in [1.165, 1.54) is 0 Å². The summed E-state index contributed by atoms with van der Waals surface area (Å²) < 4.78 is 83.0. The first-order valence-corrected chi connectivity index (χ1v) is 8.64. The third-order valence-electron chi connectivity index (χ3n) is 4.12. The zero-order chi connectivity index (χ0) is 23.0. The number of likely N-dealkylation sites (N-methyl/N-ethyl adjacent to an activating group) is 1. The smallest absolute Gasteiger partial charge is 0.374 e. The van der Waals surface area contributed by atoms with Crippen LogP contribution in [0.25, 0.3) is 0 Å². The summed E-state index contributed by atoms with van der Waals surface area (Å²) in [5.41, 5.74) is 3.09. The van der Waals surface area contributed by atoms with Gasteiger partial charge in [0.2, 0.25) is 0 Å². The van der Waals surface area contributed by atoms with E-state index >= 15 is 0 Å². The SMILES string of the molecule is C#C.CNC[C@@](N)(COCc1cc(C(F)(F)F)cc(C(F)(F)F)c1)c1ccccc1. The van der Waals surface area contributed by atoms with Crippen molar-refractivity contribution in [3.8, 4) is 12.8 Å². The van der Waals surface area contributed by atoms with E-state index in [9.17, 15) is 26.3 Å². The van der Waals surface area contributed by atoms with Crippen LogP contribution in [-0.4, -0.2) is 20.2 Å². The molecule has 0 radical (unpaired) electrons. The van der Waals surface area contributed by atoms with Crippen molar-refractivity contribution in [1.29, 1.82) is 0 Å². The number of nitrogens with one attached hydrogen (secondary N) is 1. The van der Waals surface area contributed by atoms with Gasteiger partial charge in [-0.2, -0.15) is 26.3 Å². The molecule has 0 saturated carbocycles. The predicted octanol–water partition coefficient (Wildman–Crippen LogP) is 4.56. The Morgan fingerprint density at radius 3 is 1.80 bits per heavy atom. The van der Waals surface area contributed by atoms with Gasteiger partial charge in [0.25, 0.3) is 0 Å². The highest BCUT2D eigenvalue weighted by Crippen LogP contribution is 2.36. The molecule has 0 fully saturated rings. The van der Waals surface area contributed by atoms with E-state index < -0.39 is 35.6 Å². The highest BCUT2D eigenvalue weighted by atomic mass is 19.4. The van der Waals surface area contributed by atoms with Gasteiger partial charge in [-0.1, -0.05) is 30.3 Å². The molecular weight excluding hydrogens is 410 g/mol. The molecule has 0 aliphatic heterocycles. The minimum absolute atomic E-state index is 0.0850. The Kier molecular flexibility index (Phi) is 8.90. The van der Waals surface area contributed by atoms with Crippen LogP contribution < -0.4 is 11.1 Å². The zero-order valence-corrected chi connectivity index (χ0v) is 16.1. The van der Waals surface area contributed by atoms with Gasteiger partial charge in [0.1, 0.15) is 0 Å². The fraction of sp³-hybridized carbons (Fsp3) is 0.333. The molecule has 0 amide bonds. The summed E-state index contributed by atoms with van der Waals surface area (Å²) >= 11 is 0. The van der Waals surface area contributed by atoms with E-state index in [-0.39, 0.29) is 18.2 Å². The molecule has 0 aliphatic rings. The summed E-state index contributed by atoms with van der Waals surface area (Å²) in [5, 5.41) is 2.91. The number of benzene rings is 2. The molecule has 0 unspecified atom stereocenters. The molecule has 3 nitrogen and oxygen atoms in total. The van der Waals surface area contributed by atoms with Gasteiger partial charge in [0, 0.05) is 6.54 Å². The highest BCUT2D eigenvalue weighted by Gasteiger charge is 2.37. The third-order valence-corrected chi connectivity index (χ3v) is 4.12. The summed E-state index contributed by atoms with van der Waals surface area (Å²) in [6, 6.07) is 10.3. The lowest BCUT2D eigenvalue weighted by Crippen LogP contribution is -2.48. The van der Waals surface area contributed by atoms with Gasteiger partial charge < -0.3 is 15.8 Å². The average Bonchev–Trinajstić information content (AvgIpc) is 2.69. The molecule has 0 heterocycles. The zero-order valence-electron chi connectivity index (χ0n) is 16.1. The Balaban J connectivity index is 0.00000218. The Morgan fingerprint density at radius 1 is 0.867 bits per heavy atom. The van der Waals surface area contributed by atoms with E-state index in [1.54, 1.807) is 37.4 Å². The topological polar surface area (TPSA) is 47.3 Å². The molecule has 3 N–H and O–H groups in total. The Hall–Kier alpha value is -2.54. The normalized spacial score (nSPS) is 13.8. The van der Waals surface area contributed by atoms with Crippen LogP contribution in [0.3, 0.4) is 0 Å². The maximum atomic E-state index is 12.9. The number of nitrogens with two attached hydrogens (primary N) is 1. The molecule has 9 heteroatoms. The molecule has 30 heavy (non-hydrogen) atoms.